The molecule has 0 unspecified atom stereocenters. The second kappa shape index (κ2) is 7.17. The Morgan fingerprint density at radius 2 is 2.15 bits per heavy atom. The molecule has 0 aliphatic carbocycles. The Balaban J connectivity index is 1.73. The van der Waals surface area contributed by atoms with Crippen LogP contribution in [0.25, 0.3) is 28.5 Å². The van der Waals surface area contributed by atoms with Crippen LogP contribution in [0, 0.1) is 0 Å². The molecule has 1 amide bonds. The normalized spacial score (nSPS) is 15.6. The number of nitrogens with one attached hydrogen (secondary N) is 2. The summed E-state index contributed by atoms with van der Waals surface area (Å²) in [5.74, 6) is 0.528. The number of imidazole rings is 1. The summed E-state index contributed by atoms with van der Waals surface area (Å²) in [6.45, 7) is 4.00. The number of hydrogen-bond donors (Lipinski definition) is 2. The van der Waals surface area contributed by atoms with Crippen LogP contribution < -0.4 is 5.32 Å². The molecule has 1 aromatic carbocycles. The van der Waals surface area contributed by atoms with Crippen molar-refractivity contribution in [3.8, 4) is 11.3 Å². The summed E-state index contributed by atoms with van der Waals surface area (Å²) in [4.78, 5) is 24.3. The van der Waals surface area contributed by atoms with Crippen molar-refractivity contribution in [3.63, 3.8) is 0 Å². The summed E-state index contributed by atoms with van der Waals surface area (Å²) in [6, 6.07) is 5.91. The monoisotopic (exact) mass is 374 g/mol. The van der Waals surface area contributed by atoms with Crippen molar-refractivity contribution < 1.29 is 4.79 Å². The second-order valence-corrected chi connectivity index (χ2v) is 6.89. The van der Waals surface area contributed by atoms with Gasteiger partial charge in [0.25, 0.3) is 5.91 Å². The molecule has 4 rings (SSSR count). The lowest BCUT2D eigenvalue weighted by Gasteiger charge is -2.02. The number of anilines is 1. The predicted octanol–water partition coefficient (Wildman–Crippen LogP) is 5.01. The fraction of sp³-hybridized carbons (Fsp3) is 0.0952. The first-order valence-electron chi connectivity index (χ1n) is 8.61. The van der Waals surface area contributed by atoms with E-state index in [-0.39, 0.29) is 5.91 Å². The number of aromatic nitrogens is 3. The quantitative estimate of drug-likeness (QED) is 0.498. The van der Waals surface area contributed by atoms with Crippen LogP contribution >= 0.6 is 11.3 Å². The minimum Gasteiger partial charge on any atom is -0.345 e. The van der Waals surface area contributed by atoms with Gasteiger partial charge < -0.3 is 10.3 Å². The van der Waals surface area contributed by atoms with Gasteiger partial charge in [0.15, 0.2) is 0 Å². The third-order valence-electron chi connectivity index (χ3n) is 4.31. The van der Waals surface area contributed by atoms with Crippen LogP contribution in [0.2, 0.25) is 0 Å². The number of nitrogens with zero attached hydrogens (tertiary/aromatic N) is 2. The van der Waals surface area contributed by atoms with Crippen LogP contribution in [-0.2, 0) is 4.79 Å². The lowest BCUT2D eigenvalue weighted by atomic mass is 10.0. The Hall–Kier alpha value is -3.25. The van der Waals surface area contributed by atoms with Gasteiger partial charge in [0, 0.05) is 40.2 Å². The third-order valence-corrected chi connectivity index (χ3v) is 5.20. The molecule has 3 aromatic rings. The molecule has 0 fully saturated rings. The zero-order valence-electron chi connectivity index (χ0n) is 15.0. The molecular formula is C21H18N4OS. The van der Waals surface area contributed by atoms with E-state index in [2.05, 4.69) is 27.4 Å². The number of benzene rings is 1. The summed E-state index contributed by atoms with van der Waals surface area (Å²) in [5.41, 5.74) is 5.25. The number of thiazole rings is 1. The highest BCUT2D eigenvalue weighted by Gasteiger charge is 2.25. The zero-order chi connectivity index (χ0) is 18.8. The van der Waals surface area contributed by atoms with Crippen molar-refractivity contribution in [1.29, 1.82) is 0 Å². The molecule has 0 spiro atoms. The van der Waals surface area contributed by atoms with Crippen molar-refractivity contribution in [3.05, 3.63) is 70.6 Å². The van der Waals surface area contributed by atoms with Gasteiger partial charge in [-0.3, -0.25) is 4.79 Å². The number of aromatic amines is 1. The fourth-order valence-corrected chi connectivity index (χ4v) is 3.88. The molecule has 1 aliphatic rings. The van der Waals surface area contributed by atoms with Crippen molar-refractivity contribution in [2.75, 3.05) is 5.32 Å². The lowest BCUT2D eigenvalue weighted by Crippen LogP contribution is -2.03. The largest absolute Gasteiger partial charge is 0.345 e. The average Bonchev–Trinajstić information content (AvgIpc) is 3.41. The Labute approximate surface area is 161 Å². The van der Waals surface area contributed by atoms with Crippen molar-refractivity contribution in [2.24, 2.45) is 0 Å². The molecule has 0 saturated carbocycles. The Morgan fingerprint density at radius 3 is 2.89 bits per heavy atom. The molecule has 5 nitrogen and oxygen atoms in total. The summed E-state index contributed by atoms with van der Waals surface area (Å²) in [6.07, 6.45) is 11.3. The molecule has 3 heterocycles. The van der Waals surface area contributed by atoms with Crippen LogP contribution in [0.4, 0.5) is 5.69 Å². The van der Waals surface area contributed by atoms with Gasteiger partial charge in [0.2, 0.25) is 0 Å². The zero-order valence-corrected chi connectivity index (χ0v) is 15.8. The third kappa shape index (κ3) is 3.27. The minimum atomic E-state index is -0.123. The SMILES string of the molecule is C/C=C\C(=C/C)c1nc(-c2ccc3c(c2)/C(=C/c2ncc[nH]2)C(=O)N3)cs1. The molecule has 2 aromatic heterocycles. The molecule has 0 atom stereocenters. The second-order valence-electron chi connectivity index (χ2n) is 6.03. The van der Waals surface area contributed by atoms with E-state index >= 15 is 0 Å². The van der Waals surface area contributed by atoms with Crippen LogP contribution in [0.3, 0.4) is 0 Å². The van der Waals surface area contributed by atoms with E-state index in [0.717, 1.165) is 33.1 Å². The van der Waals surface area contributed by atoms with Crippen LogP contribution in [0.5, 0.6) is 0 Å². The van der Waals surface area contributed by atoms with Gasteiger partial charge in [-0.1, -0.05) is 24.3 Å². The highest BCUT2D eigenvalue weighted by atomic mass is 32.1. The molecule has 27 heavy (non-hydrogen) atoms. The number of carbonyl (C=O) groups is 1. The van der Waals surface area contributed by atoms with Gasteiger partial charge >= 0.3 is 0 Å². The van der Waals surface area contributed by atoms with Gasteiger partial charge in [0.05, 0.1) is 11.3 Å². The number of H-pyrrole nitrogens is 1. The molecule has 6 heteroatoms. The Kier molecular flexibility index (Phi) is 4.56. The van der Waals surface area contributed by atoms with E-state index in [0.29, 0.717) is 11.4 Å². The Morgan fingerprint density at radius 1 is 1.26 bits per heavy atom. The number of allylic oxidation sites excluding steroid dienone is 4. The molecular weight excluding hydrogens is 356 g/mol. The first-order valence-corrected chi connectivity index (χ1v) is 9.49. The minimum absolute atomic E-state index is 0.123. The number of rotatable bonds is 4. The van der Waals surface area contributed by atoms with Crippen molar-refractivity contribution >= 4 is 40.2 Å². The molecule has 0 bridgehead atoms. The fourth-order valence-electron chi connectivity index (χ4n) is 2.99. The van der Waals surface area contributed by atoms with Crippen molar-refractivity contribution in [1.82, 2.24) is 15.0 Å². The lowest BCUT2D eigenvalue weighted by molar-refractivity contribution is -0.110. The molecule has 0 saturated heterocycles. The van der Waals surface area contributed by atoms with Gasteiger partial charge in [-0.15, -0.1) is 11.3 Å². The highest BCUT2D eigenvalue weighted by Crippen LogP contribution is 2.36. The summed E-state index contributed by atoms with van der Waals surface area (Å²) < 4.78 is 0. The summed E-state index contributed by atoms with van der Waals surface area (Å²) >= 11 is 1.61. The standard InChI is InChI=1S/C21H18N4OS/c1-3-5-13(4-2)21-25-18(12-27-21)14-6-7-17-15(10-14)16(20(26)24-17)11-19-22-8-9-23-19/h3-12H,1-2H3,(H,22,23)(H,24,26)/b5-3-,13-4+,16-11-. The maximum absolute atomic E-state index is 12.4. The topological polar surface area (TPSA) is 70.7 Å². The predicted molar refractivity (Wildman–Crippen MR) is 111 cm³/mol. The molecule has 0 radical (unpaired) electrons. The van der Waals surface area contributed by atoms with Gasteiger partial charge in [0.1, 0.15) is 10.8 Å². The maximum atomic E-state index is 12.4. The first-order chi connectivity index (χ1) is 13.2. The molecule has 2 N–H and O–H groups in total. The molecule has 1 aliphatic heterocycles. The number of carbonyl (C=O) groups excluding carboxylic acids is 1. The van der Waals surface area contributed by atoms with Gasteiger partial charge in [-0.2, -0.15) is 0 Å². The highest BCUT2D eigenvalue weighted by molar-refractivity contribution is 7.11. The maximum Gasteiger partial charge on any atom is 0.256 e. The average molecular weight is 374 g/mol. The summed E-state index contributed by atoms with van der Waals surface area (Å²) in [7, 11) is 0. The van der Waals surface area contributed by atoms with Gasteiger partial charge in [-0.25, -0.2) is 9.97 Å². The van der Waals surface area contributed by atoms with E-state index in [9.17, 15) is 4.79 Å². The van der Waals surface area contributed by atoms with E-state index < -0.39 is 0 Å². The van der Waals surface area contributed by atoms with E-state index in [1.165, 1.54) is 0 Å². The van der Waals surface area contributed by atoms with Gasteiger partial charge in [-0.05, 0) is 32.1 Å². The Bertz CT molecular complexity index is 1090. The van der Waals surface area contributed by atoms with E-state index in [1.807, 2.05) is 43.5 Å². The number of fused-ring (bicyclic) bond motifs is 1. The number of amides is 1. The van der Waals surface area contributed by atoms with Crippen molar-refractivity contribution in [2.45, 2.75) is 13.8 Å². The first kappa shape index (κ1) is 17.2. The van der Waals surface area contributed by atoms with Crippen LogP contribution in [-0.4, -0.2) is 20.9 Å². The van der Waals surface area contributed by atoms with E-state index in [4.69, 9.17) is 4.98 Å². The smallest absolute Gasteiger partial charge is 0.256 e. The van der Waals surface area contributed by atoms with E-state index in [1.54, 1.807) is 29.8 Å². The number of hydrogen-bond acceptors (Lipinski definition) is 4. The van der Waals surface area contributed by atoms with Crippen LogP contribution in [0.15, 0.2) is 54.2 Å². The molecule has 134 valence electrons. The summed E-state index contributed by atoms with van der Waals surface area (Å²) in [5, 5.41) is 5.93. The van der Waals surface area contributed by atoms with Crippen LogP contribution in [0.1, 0.15) is 30.2 Å².